The van der Waals surface area contributed by atoms with E-state index in [1.54, 1.807) is 18.4 Å². The number of amides is 1. The second-order valence-corrected chi connectivity index (χ2v) is 2.78. The number of hydrogen-bond donors (Lipinski definition) is 3. The van der Waals surface area contributed by atoms with E-state index in [2.05, 4.69) is 0 Å². The molecule has 0 aliphatic heterocycles. The summed E-state index contributed by atoms with van der Waals surface area (Å²) in [5.74, 6) is 0.247. The van der Waals surface area contributed by atoms with Gasteiger partial charge < -0.3 is 10.2 Å². The van der Waals surface area contributed by atoms with Crippen LogP contribution in [0.25, 0.3) is 0 Å². The summed E-state index contributed by atoms with van der Waals surface area (Å²) in [5.41, 5.74) is 7.14. The highest BCUT2D eigenvalue weighted by Crippen LogP contribution is 2.04. The lowest BCUT2D eigenvalue weighted by Gasteiger charge is -2.07. The predicted molar refractivity (Wildman–Crippen MR) is 44.9 cm³/mol. The average Bonchev–Trinajstić information content (AvgIpc) is 2.56. The van der Waals surface area contributed by atoms with Gasteiger partial charge in [-0.25, -0.2) is 5.48 Å². The van der Waals surface area contributed by atoms with E-state index in [0.717, 1.165) is 5.76 Å². The molecule has 0 fully saturated rings. The maximum absolute atomic E-state index is 10.7. The van der Waals surface area contributed by atoms with Crippen molar-refractivity contribution in [2.24, 2.45) is 5.73 Å². The summed E-state index contributed by atoms with van der Waals surface area (Å²) in [6, 6.07) is 3.21. The Morgan fingerprint density at radius 1 is 1.77 bits per heavy atom. The van der Waals surface area contributed by atoms with E-state index < -0.39 is 5.91 Å². The summed E-state index contributed by atoms with van der Waals surface area (Å²) in [4.78, 5) is 10.7. The zero-order valence-corrected chi connectivity index (χ0v) is 7.06. The van der Waals surface area contributed by atoms with Crippen LogP contribution in [-0.2, 0) is 11.2 Å². The quantitative estimate of drug-likeness (QED) is 0.455. The van der Waals surface area contributed by atoms with Crippen molar-refractivity contribution in [2.45, 2.75) is 18.9 Å². The number of hydrogen-bond acceptors (Lipinski definition) is 4. The molecular formula is C8H12N2O3. The van der Waals surface area contributed by atoms with Gasteiger partial charge in [-0.15, -0.1) is 0 Å². The van der Waals surface area contributed by atoms with Crippen molar-refractivity contribution in [2.75, 3.05) is 0 Å². The van der Waals surface area contributed by atoms with Gasteiger partial charge in [0.05, 0.1) is 6.26 Å². The molecule has 0 spiro atoms. The molecule has 0 aliphatic rings. The van der Waals surface area contributed by atoms with Crippen LogP contribution < -0.4 is 11.2 Å². The van der Waals surface area contributed by atoms with Crippen molar-refractivity contribution in [3.05, 3.63) is 24.2 Å². The highest BCUT2D eigenvalue weighted by atomic mass is 16.5. The molecule has 1 atom stereocenters. The Bertz CT molecular complexity index is 258. The second kappa shape index (κ2) is 4.64. The first-order valence-corrected chi connectivity index (χ1v) is 3.93. The Morgan fingerprint density at radius 3 is 3.08 bits per heavy atom. The summed E-state index contributed by atoms with van der Waals surface area (Å²) in [6.45, 7) is 0. The van der Waals surface area contributed by atoms with Crippen LogP contribution in [0.5, 0.6) is 0 Å². The van der Waals surface area contributed by atoms with E-state index in [9.17, 15) is 4.79 Å². The number of carbonyl (C=O) groups is 1. The van der Waals surface area contributed by atoms with Crippen LogP contribution in [0.4, 0.5) is 0 Å². The van der Waals surface area contributed by atoms with Gasteiger partial charge in [0.2, 0.25) is 5.91 Å². The van der Waals surface area contributed by atoms with Crippen LogP contribution in [-0.4, -0.2) is 17.2 Å². The summed E-state index contributed by atoms with van der Waals surface area (Å²) < 4.78 is 5.05. The molecule has 1 heterocycles. The summed E-state index contributed by atoms with van der Waals surface area (Å²) >= 11 is 0. The van der Waals surface area contributed by atoms with Crippen molar-refractivity contribution < 1.29 is 14.4 Å². The standard InChI is InChI=1S/C8H12N2O3/c9-6(5-8(11)10-12)4-7-2-1-3-13-7/h1-3,6,12H,4-5,9H2,(H,10,11)/t6-/m1/s1. The minimum Gasteiger partial charge on any atom is -0.469 e. The van der Waals surface area contributed by atoms with Gasteiger partial charge in [0, 0.05) is 18.9 Å². The fraction of sp³-hybridized carbons (Fsp3) is 0.375. The molecular weight excluding hydrogens is 172 g/mol. The average molecular weight is 184 g/mol. The first kappa shape index (κ1) is 9.76. The van der Waals surface area contributed by atoms with Gasteiger partial charge in [-0.1, -0.05) is 0 Å². The van der Waals surface area contributed by atoms with Gasteiger partial charge in [0.1, 0.15) is 5.76 Å². The van der Waals surface area contributed by atoms with E-state index >= 15 is 0 Å². The maximum Gasteiger partial charge on any atom is 0.244 e. The van der Waals surface area contributed by atoms with Crippen LogP contribution in [0.2, 0.25) is 0 Å². The highest BCUT2D eigenvalue weighted by molar-refractivity contribution is 5.75. The van der Waals surface area contributed by atoms with Crippen LogP contribution in [0.1, 0.15) is 12.2 Å². The molecule has 1 aromatic rings. The fourth-order valence-corrected chi connectivity index (χ4v) is 1.04. The van der Waals surface area contributed by atoms with Crippen molar-refractivity contribution in [3.63, 3.8) is 0 Å². The Kier molecular flexibility index (Phi) is 3.48. The van der Waals surface area contributed by atoms with E-state index in [0.29, 0.717) is 6.42 Å². The molecule has 0 radical (unpaired) electrons. The monoisotopic (exact) mass is 184 g/mol. The number of hydroxylamine groups is 1. The number of nitrogens with two attached hydrogens (primary N) is 1. The van der Waals surface area contributed by atoms with Gasteiger partial charge in [-0.05, 0) is 12.1 Å². The summed E-state index contributed by atoms with van der Waals surface area (Å²) in [5, 5.41) is 8.23. The zero-order chi connectivity index (χ0) is 9.68. The molecule has 5 nitrogen and oxygen atoms in total. The minimum absolute atomic E-state index is 0.0806. The molecule has 5 heteroatoms. The number of carbonyl (C=O) groups excluding carboxylic acids is 1. The Morgan fingerprint density at radius 2 is 2.54 bits per heavy atom. The molecule has 0 saturated heterocycles. The van der Waals surface area contributed by atoms with Crippen LogP contribution >= 0.6 is 0 Å². The predicted octanol–water partition coefficient (Wildman–Crippen LogP) is 0.0449. The van der Waals surface area contributed by atoms with E-state index in [1.165, 1.54) is 5.48 Å². The molecule has 1 aromatic heterocycles. The molecule has 4 N–H and O–H groups in total. The Balaban J connectivity index is 2.33. The third-order valence-corrected chi connectivity index (χ3v) is 1.62. The van der Waals surface area contributed by atoms with Gasteiger partial charge in [0.25, 0.3) is 0 Å². The molecule has 0 unspecified atom stereocenters. The molecule has 0 aromatic carbocycles. The van der Waals surface area contributed by atoms with Crippen molar-refractivity contribution >= 4 is 5.91 Å². The van der Waals surface area contributed by atoms with Crippen LogP contribution in [0.15, 0.2) is 22.8 Å². The normalized spacial score (nSPS) is 12.5. The maximum atomic E-state index is 10.7. The van der Waals surface area contributed by atoms with Gasteiger partial charge in [0.15, 0.2) is 0 Å². The van der Waals surface area contributed by atoms with Crippen LogP contribution in [0.3, 0.4) is 0 Å². The highest BCUT2D eigenvalue weighted by Gasteiger charge is 2.10. The first-order valence-electron chi connectivity index (χ1n) is 3.93. The summed E-state index contributed by atoms with van der Waals surface area (Å²) in [7, 11) is 0. The lowest BCUT2D eigenvalue weighted by atomic mass is 10.1. The smallest absolute Gasteiger partial charge is 0.244 e. The van der Waals surface area contributed by atoms with Gasteiger partial charge in [-0.3, -0.25) is 10.0 Å². The Labute approximate surface area is 75.5 Å². The molecule has 72 valence electrons. The van der Waals surface area contributed by atoms with Gasteiger partial charge >= 0.3 is 0 Å². The van der Waals surface area contributed by atoms with Crippen molar-refractivity contribution in [3.8, 4) is 0 Å². The minimum atomic E-state index is -0.487. The Hall–Kier alpha value is -1.33. The molecule has 0 saturated carbocycles. The van der Waals surface area contributed by atoms with Crippen molar-refractivity contribution in [1.82, 2.24) is 5.48 Å². The number of rotatable bonds is 4. The SMILES string of the molecule is N[C@@H](CC(=O)NO)Cc1ccco1. The third kappa shape index (κ3) is 3.27. The fourth-order valence-electron chi connectivity index (χ4n) is 1.04. The second-order valence-electron chi connectivity index (χ2n) is 2.78. The van der Waals surface area contributed by atoms with Gasteiger partial charge in [-0.2, -0.15) is 0 Å². The molecule has 1 rings (SSSR count). The van der Waals surface area contributed by atoms with E-state index in [1.807, 2.05) is 0 Å². The molecule has 13 heavy (non-hydrogen) atoms. The largest absolute Gasteiger partial charge is 0.469 e. The first-order chi connectivity index (χ1) is 6.22. The zero-order valence-electron chi connectivity index (χ0n) is 7.06. The molecule has 0 bridgehead atoms. The van der Waals surface area contributed by atoms with E-state index in [4.69, 9.17) is 15.4 Å². The number of furan rings is 1. The van der Waals surface area contributed by atoms with Crippen LogP contribution in [0, 0.1) is 0 Å². The lowest BCUT2D eigenvalue weighted by molar-refractivity contribution is -0.129. The third-order valence-electron chi connectivity index (χ3n) is 1.62. The van der Waals surface area contributed by atoms with Crippen molar-refractivity contribution in [1.29, 1.82) is 0 Å². The van der Waals surface area contributed by atoms with E-state index in [-0.39, 0.29) is 12.5 Å². The molecule has 0 aliphatic carbocycles. The lowest BCUT2D eigenvalue weighted by Crippen LogP contribution is -2.31. The molecule has 1 amide bonds. The number of nitrogens with one attached hydrogen (secondary N) is 1. The topological polar surface area (TPSA) is 88.5 Å². The summed E-state index contributed by atoms with van der Waals surface area (Å²) in [6.07, 6.45) is 2.12.